The first-order valence-electron chi connectivity index (χ1n) is 5.15. The van der Waals surface area contributed by atoms with Crippen LogP contribution in [-0.2, 0) is 0 Å². The van der Waals surface area contributed by atoms with Crippen LogP contribution in [0.15, 0.2) is 18.5 Å². The summed E-state index contributed by atoms with van der Waals surface area (Å²) in [6, 6.07) is 3.64. The van der Waals surface area contributed by atoms with E-state index in [0.717, 1.165) is 0 Å². The Hall–Kier alpha value is -2.68. The minimum absolute atomic E-state index is 0.393. The number of carbonyl (C=O) groups is 1. The molecule has 0 unspecified atom stereocenters. The standard InChI is InChI=1S/C12H10N4O2/c1-8-10(4-13)11(18-2)3-12(15-8)16-6-9(7-17)5-14-16/h3,5-7H,1-2H3. The van der Waals surface area contributed by atoms with E-state index in [1.54, 1.807) is 19.2 Å². The SMILES string of the molecule is COc1cc(-n2cc(C=O)cn2)nc(C)c1C#N. The molecule has 0 amide bonds. The van der Waals surface area contributed by atoms with Crippen LogP contribution in [0.25, 0.3) is 5.82 Å². The van der Waals surface area contributed by atoms with E-state index in [-0.39, 0.29) is 0 Å². The summed E-state index contributed by atoms with van der Waals surface area (Å²) < 4.78 is 6.60. The van der Waals surface area contributed by atoms with Crippen molar-refractivity contribution in [3.8, 4) is 17.6 Å². The Morgan fingerprint density at radius 2 is 2.33 bits per heavy atom. The summed E-state index contributed by atoms with van der Waals surface area (Å²) >= 11 is 0. The second kappa shape index (κ2) is 4.67. The van der Waals surface area contributed by atoms with Crippen LogP contribution >= 0.6 is 0 Å². The highest BCUT2D eigenvalue weighted by Gasteiger charge is 2.11. The Morgan fingerprint density at radius 1 is 1.56 bits per heavy atom. The van der Waals surface area contributed by atoms with E-state index in [4.69, 9.17) is 10.00 Å². The fourth-order valence-electron chi connectivity index (χ4n) is 1.56. The number of nitrogens with zero attached hydrogens (tertiary/aromatic N) is 4. The van der Waals surface area contributed by atoms with Crippen molar-refractivity contribution in [1.29, 1.82) is 5.26 Å². The second-order valence-electron chi connectivity index (χ2n) is 3.59. The van der Waals surface area contributed by atoms with Crippen molar-refractivity contribution in [3.05, 3.63) is 35.3 Å². The van der Waals surface area contributed by atoms with E-state index in [9.17, 15) is 4.79 Å². The highest BCUT2D eigenvalue weighted by Crippen LogP contribution is 2.22. The number of methoxy groups -OCH3 is 1. The zero-order valence-corrected chi connectivity index (χ0v) is 9.91. The lowest BCUT2D eigenvalue weighted by molar-refractivity contribution is 0.112. The molecule has 0 spiro atoms. The highest BCUT2D eigenvalue weighted by molar-refractivity contribution is 5.73. The molecule has 90 valence electrons. The normalized spacial score (nSPS) is 9.83. The van der Waals surface area contributed by atoms with Gasteiger partial charge in [0.15, 0.2) is 12.1 Å². The third kappa shape index (κ3) is 1.94. The van der Waals surface area contributed by atoms with E-state index in [1.165, 1.54) is 18.0 Å². The second-order valence-corrected chi connectivity index (χ2v) is 3.59. The van der Waals surface area contributed by atoms with Gasteiger partial charge in [-0.2, -0.15) is 10.4 Å². The van der Waals surface area contributed by atoms with Gasteiger partial charge in [-0.1, -0.05) is 0 Å². The van der Waals surface area contributed by atoms with Gasteiger partial charge in [0.25, 0.3) is 0 Å². The van der Waals surface area contributed by atoms with Crippen molar-refractivity contribution in [3.63, 3.8) is 0 Å². The van der Waals surface area contributed by atoms with Crippen molar-refractivity contribution in [2.75, 3.05) is 7.11 Å². The fourth-order valence-corrected chi connectivity index (χ4v) is 1.56. The van der Waals surface area contributed by atoms with Crippen molar-refractivity contribution in [2.45, 2.75) is 6.92 Å². The Kier molecular flexibility index (Phi) is 3.06. The summed E-state index contributed by atoms with van der Waals surface area (Å²) in [5.41, 5.74) is 1.40. The molecule has 2 heterocycles. The van der Waals surface area contributed by atoms with Gasteiger partial charge < -0.3 is 4.74 Å². The Morgan fingerprint density at radius 3 is 2.89 bits per heavy atom. The van der Waals surface area contributed by atoms with Crippen molar-refractivity contribution in [1.82, 2.24) is 14.8 Å². The summed E-state index contributed by atoms with van der Waals surface area (Å²) in [6.45, 7) is 1.72. The predicted molar refractivity (Wildman–Crippen MR) is 62.8 cm³/mol. The summed E-state index contributed by atoms with van der Waals surface area (Å²) in [5, 5.41) is 13.0. The van der Waals surface area contributed by atoms with Gasteiger partial charge in [0.2, 0.25) is 0 Å². The Balaban J connectivity index is 2.56. The van der Waals surface area contributed by atoms with Gasteiger partial charge in [0.05, 0.1) is 24.6 Å². The van der Waals surface area contributed by atoms with Crippen LogP contribution in [-0.4, -0.2) is 28.2 Å². The summed E-state index contributed by atoms with van der Waals surface area (Å²) in [5.74, 6) is 0.930. The van der Waals surface area contributed by atoms with E-state index in [0.29, 0.717) is 34.7 Å². The number of aryl methyl sites for hydroxylation is 1. The zero-order valence-electron chi connectivity index (χ0n) is 9.91. The number of aldehydes is 1. The molecule has 0 saturated heterocycles. The minimum atomic E-state index is 0.393. The molecular formula is C12H10N4O2. The van der Waals surface area contributed by atoms with Gasteiger partial charge in [0.1, 0.15) is 17.4 Å². The maximum atomic E-state index is 10.6. The summed E-state index contributed by atoms with van der Waals surface area (Å²) in [4.78, 5) is 14.9. The molecule has 6 nitrogen and oxygen atoms in total. The molecule has 0 N–H and O–H groups in total. The average Bonchev–Trinajstić information content (AvgIpc) is 2.86. The smallest absolute Gasteiger partial charge is 0.157 e. The number of ether oxygens (including phenoxy) is 1. The Bertz CT molecular complexity index is 640. The first kappa shape index (κ1) is 11.8. The molecule has 0 fully saturated rings. The van der Waals surface area contributed by atoms with Crippen molar-refractivity contribution >= 4 is 6.29 Å². The first-order valence-corrected chi connectivity index (χ1v) is 5.15. The van der Waals surface area contributed by atoms with Gasteiger partial charge in [0, 0.05) is 12.3 Å². The topological polar surface area (TPSA) is 80.8 Å². The number of carbonyl (C=O) groups excluding carboxylic acids is 1. The van der Waals surface area contributed by atoms with E-state index >= 15 is 0 Å². The van der Waals surface area contributed by atoms with Crippen LogP contribution in [0.4, 0.5) is 0 Å². The molecule has 0 aliphatic heterocycles. The molecule has 2 aromatic heterocycles. The van der Waals surface area contributed by atoms with Gasteiger partial charge in [-0.15, -0.1) is 0 Å². The van der Waals surface area contributed by atoms with Crippen LogP contribution < -0.4 is 4.74 Å². The fraction of sp³-hybridized carbons (Fsp3) is 0.167. The van der Waals surface area contributed by atoms with Gasteiger partial charge in [-0.05, 0) is 6.92 Å². The number of nitriles is 1. The van der Waals surface area contributed by atoms with Gasteiger partial charge in [-0.25, -0.2) is 9.67 Å². The quantitative estimate of drug-likeness (QED) is 0.757. The van der Waals surface area contributed by atoms with E-state index < -0.39 is 0 Å². The van der Waals surface area contributed by atoms with Crippen LogP contribution in [0.3, 0.4) is 0 Å². The molecule has 6 heteroatoms. The number of rotatable bonds is 3. The largest absolute Gasteiger partial charge is 0.495 e. The molecule has 0 aliphatic rings. The highest BCUT2D eigenvalue weighted by atomic mass is 16.5. The number of aromatic nitrogens is 3. The first-order chi connectivity index (χ1) is 8.69. The summed E-state index contributed by atoms with van der Waals surface area (Å²) in [6.07, 6.45) is 3.70. The molecule has 0 bridgehead atoms. The molecule has 0 aliphatic carbocycles. The molecule has 0 aromatic carbocycles. The van der Waals surface area contributed by atoms with Crippen molar-refractivity contribution < 1.29 is 9.53 Å². The molecule has 2 aromatic rings. The lowest BCUT2D eigenvalue weighted by Crippen LogP contribution is -2.03. The van der Waals surface area contributed by atoms with Gasteiger partial charge >= 0.3 is 0 Å². The Labute approximate surface area is 103 Å². The maximum absolute atomic E-state index is 10.6. The summed E-state index contributed by atoms with van der Waals surface area (Å²) in [7, 11) is 1.49. The molecule has 0 radical (unpaired) electrons. The number of hydrogen-bond donors (Lipinski definition) is 0. The van der Waals surface area contributed by atoms with Crippen LogP contribution in [0, 0.1) is 18.3 Å². The maximum Gasteiger partial charge on any atom is 0.157 e. The molecule has 0 atom stereocenters. The van der Waals surface area contributed by atoms with Gasteiger partial charge in [-0.3, -0.25) is 4.79 Å². The van der Waals surface area contributed by atoms with Crippen molar-refractivity contribution in [2.24, 2.45) is 0 Å². The molecule has 18 heavy (non-hydrogen) atoms. The predicted octanol–water partition coefficient (Wildman–Crippen LogP) is 1.27. The monoisotopic (exact) mass is 242 g/mol. The lowest BCUT2D eigenvalue weighted by atomic mass is 10.2. The number of hydrogen-bond acceptors (Lipinski definition) is 5. The van der Waals surface area contributed by atoms with Crippen LogP contribution in [0.5, 0.6) is 5.75 Å². The third-order valence-corrected chi connectivity index (χ3v) is 2.46. The lowest BCUT2D eigenvalue weighted by Gasteiger charge is -2.08. The number of pyridine rings is 1. The minimum Gasteiger partial charge on any atom is -0.495 e. The molecule has 2 rings (SSSR count). The molecule has 0 saturated carbocycles. The molecular weight excluding hydrogens is 232 g/mol. The van der Waals surface area contributed by atoms with E-state index in [1.807, 2.05) is 6.07 Å². The van der Waals surface area contributed by atoms with Crippen LogP contribution in [0.2, 0.25) is 0 Å². The van der Waals surface area contributed by atoms with E-state index in [2.05, 4.69) is 10.1 Å². The third-order valence-electron chi connectivity index (χ3n) is 2.46. The zero-order chi connectivity index (χ0) is 13.1. The average molecular weight is 242 g/mol. The van der Waals surface area contributed by atoms with Crippen LogP contribution in [0.1, 0.15) is 21.6 Å².